The summed E-state index contributed by atoms with van der Waals surface area (Å²) in [6.07, 6.45) is 0. The predicted octanol–water partition coefficient (Wildman–Crippen LogP) is 5.92. The first-order chi connectivity index (χ1) is 17.0. The highest BCUT2D eigenvalue weighted by Gasteiger charge is 2.21. The summed E-state index contributed by atoms with van der Waals surface area (Å²) in [5, 5.41) is 19.0. The number of benzene rings is 3. The number of hydrogen-bond donors (Lipinski definition) is 2. The van der Waals surface area contributed by atoms with Gasteiger partial charge in [-0.1, -0.05) is 60.7 Å². The number of rotatable bonds is 6. The number of aromatic nitrogens is 3. The molecule has 1 amide bonds. The van der Waals surface area contributed by atoms with Crippen molar-refractivity contribution >= 4 is 28.9 Å². The number of amides is 1. The first kappa shape index (κ1) is 22.2. The van der Waals surface area contributed by atoms with Gasteiger partial charge in [0.2, 0.25) is 5.13 Å². The van der Waals surface area contributed by atoms with Crippen LogP contribution in [0.25, 0.3) is 27.6 Å². The smallest absolute Gasteiger partial charge is 0.355 e. The summed E-state index contributed by atoms with van der Waals surface area (Å²) < 4.78 is 1.67. The fourth-order valence-electron chi connectivity index (χ4n) is 3.81. The summed E-state index contributed by atoms with van der Waals surface area (Å²) in [7, 11) is 0. The van der Waals surface area contributed by atoms with E-state index in [1.165, 1.54) is 16.7 Å². The Morgan fingerprint density at radius 1 is 0.886 bits per heavy atom. The average Bonchev–Trinajstić information content (AvgIpc) is 3.50. The van der Waals surface area contributed by atoms with Crippen molar-refractivity contribution in [2.45, 2.75) is 6.92 Å². The number of nitrogens with zero attached hydrogens (tertiary/aromatic N) is 3. The molecule has 2 aromatic heterocycles. The number of nitrogens with one attached hydrogen (secondary N) is 1. The van der Waals surface area contributed by atoms with E-state index in [0.717, 1.165) is 33.8 Å². The number of carboxylic acid groups (broad SMARTS) is 1. The minimum atomic E-state index is -1.09. The molecule has 0 saturated heterocycles. The minimum Gasteiger partial charge on any atom is -0.476 e. The van der Waals surface area contributed by atoms with Crippen LogP contribution in [-0.2, 0) is 0 Å². The Hall–Kier alpha value is -4.56. The Morgan fingerprint density at radius 3 is 2.17 bits per heavy atom. The molecule has 5 aromatic rings. The van der Waals surface area contributed by atoms with Crippen molar-refractivity contribution in [3.8, 4) is 27.6 Å². The van der Waals surface area contributed by atoms with Gasteiger partial charge in [-0.3, -0.25) is 4.79 Å². The van der Waals surface area contributed by atoms with Gasteiger partial charge in [0.05, 0.1) is 11.4 Å². The fraction of sp³-hybridized carbons (Fsp3) is 0.0370. The largest absolute Gasteiger partial charge is 0.476 e. The van der Waals surface area contributed by atoms with E-state index in [0.29, 0.717) is 10.7 Å². The molecule has 7 nitrogen and oxygen atoms in total. The third-order valence-corrected chi connectivity index (χ3v) is 6.33. The molecule has 2 heterocycles. The van der Waals surface area contributed by atoms with Gasteiger partial charge < -0.3 is 10.4 Å². The first-order valence-corrected chi connectivity index (χ1v) is 11.7. The molecule has 0 aliphatic rings. The molecule has 0 bridgehead atoms. The Balaban J connectivity index is 1.55. The summed E-state index contributed by atoms with van der Waals surface area (Å²) in [4.78, 5) is 28.3. The summed E-state index contributed by atoms with van der Waals surface area (Å²) in [6.45, 7) is 1.98. The van der Waals surface area contributed by atoms with Crippen molar-refractivity contribution in [2.75, 3.05) is 5.32 Å². The normalized spacial score (nSPS) is 10.8. The first-order valence-electron chi connectivity index (χ1n) is 10.8. The molecule has 0 unspecified atom stereocenters. The summed E-state index contributed by atoms with van der Waals surface area (Å²) in [6, 6.07) is 26.3. The van der Waals surface area contributed by atoms with Gasteiger partial charge >= 0.3 is 5.97 Å². The van der Waals surface area contributed by atoms with Crippen LogP contribution in [0.5, 0.6) is 0 Å². The van der Waals surface area contributed by atoms with Crippen molar-refractivity contribution in [3.63, 3.8) is 0 Å². The molecule has 3 aromatic carbocycles. The van der Waals surface area contributed by atoms with Crippen molar-refractivity contribution in [1.29, 1.82) is 0 Å². The predicted molar refractivity (Wildman–Crippen MR) is 136 cm³/mol. The molecule has 0 fully saturated rings. The van der Waals surface area contributed by atoms with Crippen molar-refractivity contribution < 1.29 is 14.7 Å². The topological polar surface area (TPSA) is 97.1 Å². The molecule has 0 spiro atoms. The number of hydrogen-bond acceptors (Lipinski definition) is 5. The van der Waals surface area contributed by atoms with Crippen molar-refractivity contribution in [3.05, 3.63) is 107 Å². The molecular weight excluding hydrogens is 460 g/mol. The van der Waals surface area contributed by atoms with Crippen LogP contribution in [0.15, 0.2) is 90.3 Å². The second kappa shape index (κ2) is 9.36. The Morgan fingerprint density at radius 2 is 1.54 bits per heavy atom. The quantitative estimate of drug-likeness (QED) is 0.314. The molecule has 0 radical (unpaired) electrons. The highest BCUT2D eigenvalue weighted by atomic mass is 32.1. The van der Waals surface area contributed by atoms with Crippen LogP contribution in [0.1, 0.15) is 26.4 Å². The maximum atomic E-state index is 12.7. The SMILES string of the molecule is Cc1c(-c2ccccc2)nn(-c2nc(C(=O)O)cs2)c1-c1ccc(C(=O)Nc2ccccc2)cc1. The molecule has 0 aliphatic heterocycles. The van der Waals surface area contributed by atoms with E-state index in [4.69, 9.17) is 5.10 Å². The van der Waals surface area contributed by atoms with E-state index in [2.05, 4.69) is 10.3 Å². The molecule has 172 valence electrons. The van der Waals surface area contributed by atoms with Crippen LogP contribution in [0.2, 0.25) is 0 Å². The number of anilines is 1. The van der Waals surface area contributed by atoms with E-state index in [9.17, 15) is 14.7 Å². The van der Waals surface area contributed by atoms with Gasteiger partial charge in [0.1, 0.15) is 0 Å². The van der Waals surface area contributed by atoms with E-state index in [-0.39, 0.29) is 11.6 Å². The number of carbonyl (C=O) groups is 2. The van der Waals surface area contributed by atoms with Crippen LogP contribution in [0, 0.1) is 6.92 Å². The monoisotopic (exact) mass is 480 g/mol. The maximum Gasteiger partial charge on any atom is 0.355 e. The molecular formula is C27H20N4O3S. The lowest BCUT2D eigenvalue weighted by molar-refractivity contribution is 0.0691. The fourth-order valence-corrected chi connectivity index (χ4v) is 4.56. The molecule has 8 heteroatoms. The summed E-state index contributed by atoms with van der Waals surface area (Å²) in [5.74, 6) is -1.29. The number of thiazole rings is 1. The van der Waals surface area contributed by atoms with Gasteiger partial charge in [0.15, 0.2) is 5.69 Å². The van der Waals surface area contributed by atoms with Gasteiger partial charge in [-0.2, -0.15) is 5.10 Å². The minimum absolute atomic E-state index is 0.0294. The second-order valence-corrected chi connectivity index (χ2v) is 8.65. The summed E-state index contributed by atoms with van der Waals surface area (Å²) in [5.41, 5.74) is 5.47. The van der Waals surface area contributed by atoms with Crippen LogP contribution in [-0.4, -0.2) is 31.7 Å². The number of aromatic carboxylic acids is 1. The third kappa shape index (κ3) is 4.47. The molecule has 5 rings (SSSR count). The van der Waals surface area contributed by atoms with Crippen LogP contribution < -0.4 is 5.32 Å². The van der Waals surface area contributed by atoms with Crippen LogP contribution >= 0.6 is 11.3 Å². The van der Waals surface area contributed by atoms with Gasteiger partial charge in [-0.05, 0) is 31.2 Å². The van der Waals surface area contributed by atoms with Gasteiger partial charge in [0.25, 0.3) is 5.91 Å². The van der Waals surface area contributed by atoms with E-state index in [1.807, 2.05) is 79.7 Å². The Labute approximate surface area is 205 Å². The zero-order valence-electron chi connectivity index (χ0n) is 18.7. The Bertz CT molecular complexity index is 1510. The van der Waals surface area contributed by atoms with Gasteiger partial charge in [-0.25, -0.2) is 14.5 Å². The Kier molecular flexibility index (Phi) is 5.95. The number of carboxylic acids is 1. The third-order valence-electron chi connectivity index (χ3n) is 5.51. The van der Waals surface area contributed by atoms with E-state index >= 15 is 0 Å². The van der Waals surface area contributed by atoms with E-state index < -0.39 is 5.97 Å². The molecule has 0 atom stereocenters. The lowest BCUT2D eigenvalue weighted by Crippen LogP contribution is -2.11. The molecule has 0 aliphatic carbocycles. The maximum absolute atomic E-state index is 12.7. The van der Waals surface area contributed by atoms with Gasteiger partial charge in [0, 0.05) is 33.3 Å². The highest BCUT2D eigenvalue weighted by Crippen LogP contribution is 2.34. The van der Waals surface area contributed by atoms with Crippen LogP contribution in [0.4, 0.5) is 5.69 Å². The lowest BCUT2D eigenvalue weighted by atomic mass is 10.0. The zero-order chi connectivity index (χ0) is 24.4. The molecule has 2 N–H and O–H groups in total. The van der Waals surface area contributed by atoms with E-state index in [1.54, 1.807) is 16.8 Å². The van der Waals surface area contributed by atoms with Gasteiger partial charge in [-0.15, -0.1) is 11.3 Å². The molecule has 35 heavy (non-hydrogen) atoms. The average molecular weight is 481 g/mol. The summed E-state index contributed by atoms with van der Waals surface area (Å²) >= 11 is 1.21. The number of para-hydroxylation sites is 1. The van der Waals surface area contributed by atoms with Crippen LogP contribution in [0.3, 0.4) is 0 Å². The molecule has 0 saturated carbocycles. The standard InChI is InChI=1S/C27H20N4O3S/c1-17-23(18-8-4-2-5-9-18)30-31(27-29-22(16-35-27)26(33)34)24(17)19-12-14-20(15-13-19)25(32)28-21-10-6-3-7-11-21/h2-16H,1H3,(H,28,32)(H,33,34). The van der Waals surface area contributed by atoms with Crippen molar-refractivity contribution in [2.24, 2.45) is 0 Å². The highest BCUT2D eigenvalue weighted by molar-refractivity contribution is 7.12. The lowest BCUT2D eigenvalue weighted by Gasteiger charge is -2.08. The zero-order valence-corrected chi connectivity index (χ0v) is 19.5. The number of carbonyl (C=O) groups excluding carboxylic acids is 1. The van der Waals surface area contributed by atoms with Crippen molar-refractivity contribution in [1.82, 2.24) is 14.8 Å². The second-order valence-electron chi connectivity index (χ2n) is 7.82.